The molecule has 1 aliphatic carbocycles. The van der Waals surface area contributed by atoms with Crippen LogP contribution in [0.4, 0.5) is 0 Å². The number of aromatic nitrogens is 1. The second-order valence-corrected chi connectivity index (χ2v) is 9.06. The van der Waals surface area contributed by atoms with Crippen LogP contribution in [0.25, 0.3) is 10.2 Å². The van der Waals surface area contributed by atoms with Crippen molar-refractivity contribution in [1.82, 2.24) is 4.98 Å². The molecule has 1 aromatic heterocycles. The van der Waals surface area contributed by atoms with Gasteiger partial charge in [-0.3, -0.25) is 9.59 Å². The number of esters is 3. The standard InChI is InChI=1S/C26H25NO7S/c1-3-22(28)32-15-31-19-9-11-20(12-10-19)33-25(29)17-5-7-18(8-6-17)26(30)34-21-13-4-16(2)23-24(21)35-14-27-23/h3-4,9-14,17-18H,1,5-8,15H2,2H3. The molecule has 0 N–H and O–H groups in total. The van der Waals surface area contributed by atoms with E-state index in [0.717, 1.165) is 21.9 Å². The lowest BCUT2D eigenvalue weighted by Crippen LogP contribution is -2.30. The van der Waals surface area contributed by atoms with Gasteiger partial charge in [-0.25, -0.2) is 9.78 Å². The smallest absolute Gasteiger partial charge is 0.333 e. The summed E-state index contributed by atoms with van der Waals surface area (Å²) in [7, 11) is 0. The topological polar surface area (TPSA) is 101 Å². The summed E-state index contributed by atoms with van der Waals surface area (Å²) in [6.45, 7) is 5.03. The summed E-state index contributed by atoms with van der Waals surface area (Å²) in [6.07, 6.45) is 3.28. The number of fused-ring (bicyclic) bond motifs is 1. The third kappa shape index (κ3) is 6.05. The van der Waals surface area contributed by atoms with Crippen molar-refractivity contribution >= 4 is 39.5 Å². The van der Waals surface area contributed by atoms with Crippen molar-refractivity contribution in [3.63, 3.8) is 0 Å². The number of ether oxygens (including phenoxy) is 4. The molecule has 0 saturated heterocycles. The van der Waals surface area contributed by atoms with E-state index in [1.165, 1.54) is 11.3 Å². The van der Waals surface area contributed by atoms with Gasteiger partial charge in [0.05, 0.1) is 27.6 Å². The van der Waals surface area contributed by atoms with Gasteiger partial charge in [-0.15, -0.1) is 11.3 Å². The van der Waals surface area contributed by atoms with Gasteiger partial charge in [0.25, 0.3) is 0 Å². The largest absolute Gasteiger partial charge is 0.457 e. The molecule has 1 fully saturated rings. The number of rotatable bonds is 8. The number of nitrogens with zero attached hydrogens (tertiary/aromatic N) is 1. The molecular formula is C26H25NO7S. The molecule has 0 aliphatic heterocycles. The third-order valence-corrected chi connectivity index (χ3v) is 6.73. The minimum atomic E-state index is -0.578. The first kappa shape index (κ1) is 24.4. The summed E-state index contributed by atoms with van der Waals surface area (Å²) < 4.78 is 22.1. The molecule has 0 unspecified atom stereocenters. The zero-order valence-electron chi connectivity index (χ0n) is 19.2. The molecule has 0 atom stereocenters. The first-order chi connectivity index (χ1) is 16.9. The zero-order chi connectivity index (χ0) is 24.8. The molecule has 1 heterocycles. The van der Waals surface area contributed by atoms with E-state index >= 15 is 0 Å². The first-order valence-electron chi connectivity index (χ1n) is 11.2. The van der Waals surface area contributed by atoms with Gasteiger partial charge in [0.15, 0.2) is 0 Å². The lowest BCUT2D eigenvalue weighted by Gasteiger charge is -2.25. The van der Waals surface area contributed by atoms with Crippen molar-refractivity contribution in [2.45, 2.75) is 32.6 Å². The van der Waals surface area contributed by atoms with E-state index in [9.17, 15) is 14.4 Å². The number of carbonyl (C=O) groups is 3. The average molecular weight is 496 g/mol. The summed E-state index contributed by atoms with van der Waals surface area (Å²) in [4.78, 5) is 40.7. The molecule has 8 nitrogen and oxygen atoms in total. The van der Waals surface area contributed by atoms with E-state index in [-0.39, 0.29) is 30.6 Å². The maximum absolute atomic E-state index is 12.7. The Morgan fingerprint density at radius 2 is 1.60 bits per heavy atom. The predicted molar refractivity (Wildman–Crippen MR) is 129 cm³/mol. The Bertz CT molecular complexity index is 1230. The van der Waals surface area contributed by atoms with Crippen LogP contribution in [-0.4, -0.2) is 29.7 Å². The van der Waals surface area contributed by atoms with Crippen LogP contribution < -0.4 is 14.2 Å². The van der Waals surface area contributed by atoms with Gasteiger partial charge in [0.2, 0.25) is 6.79 Å². The highest BCUT2D eigenvalue weighted by atomic mass is 32.1. The van der Waals surface area contributed by atoms with Crippen LogP contribution in [-0.2, 0) is 19.1 Å². The Morgan fingerprint density at radius 1 is 0.971 bits per heavy atom. The van der Waals surface area contributed by atoms with Gasteiger partial charge in [-0.2, -0.15) is 0 Å². The van der Waals surface area contributed by atoms with Crippen LogP contribution in [0.2, 0.25) is 0 Å². The Hall–Kier alpha value is -3.72. The van der Waals surface area contributed by atoms with E-state index in [0.29, 0.717) is 42.9 Å². The SMILES string of the molecule is C=CC(=O)OCOc1ccc(OC(=O)C2CCC(C(=O)Oc3ccc(C)c4ncsc34)CC2)cc1. The molecular weight excluding hydrogens is 470 g/mol. The molecule has 9 heteroatoms. The first-order valence-corrected chi connectivity index (χ1v) is 12.1. The molecule has 3 aromatic rings. The molecule has 0 bridgehead atoms. The minimum Gasteiger partial charge on any atom is -0.457 e. The van der Waals surface area contributed by atoms with Gasteiger partial charge >= 0.3 is 17.9 Å². The van der Waals surface area contributed by atoms with E-state index in [1.807, 2.05) is 13.0 Å². The zero-order valence-corrected chi connectivity index (χ0v) is 20.0. The number of benzene rings is 2. The van der Waals surface area contributed by atoms with Crippen LogP contribution in [0.15, 0.2) is 54.6 Å². The summed E-state index contributed by atoms with van der Waals surface area (Å²) in [5.74, 6) is -0.322. The molecule has 35 heavy (non-hydrogen) atoms. The Balaban J connectivity index is 1.24. The fourth-order valence-electron chi connectivity index (χ4n) is 3.91. The monoisotopic (exact) mass is 495 g/mol. The van der Waals surface area contributed by atoms with Crippen LogP contribution >= 0.6 is 11.3 Å². The maximum atomic E-state index is 12.7. The van der Waals surface area contributed by atoms with E-state index in [2.05, 4.69) is 11.6 Å². The van der Waals surface area contributed by atoms with Crippen LogP contribution in [0.1, 0.15) is 31.2 Å². The number of carbonyl (C=O) groups excluding carboxylic acids is 3. The highest BCUT2D eigenvalue weighted by Crippen LogP contribution is 2.34. The van der Waals surface area contributed by atoms with Gasteiger partial charge in [0.1, 0.15) is 17.2 Å². The van der Waals surface area contributed by atoms with E-state index in [4.69, 9.17) is 18.9 Å². The third-order valence-electron chi connectivity index (χ3n) is 5.89. The van der Waals surface area contributed by atoms with Crippen LogP contribution in [0.3, 0.4) is 0 Å². The summed E-state index contributed by atoms with van der Waals surface area (Å²) in [5.41, 5.74) is 3.63. The molecule has 1 saturated carbocycles. The fraction of sp³-hybridized carbons (Fsp3) is 0.308. The number of hydrogen-bond donors (Lipinski definition) is 0. The number of thiazole rings is 1. The highest BCUT2D eigenvalue weighted by molar-refractivity contribution is 7.17. The van der Waals surface area contributed by atoms with Crippen molar-refractivity contribution in [1.29, 1.82) is 0 Å². The van der Waals surface area contributed by atoms with E-state index in [1.54, 1.807) is 35.8 Å². The minimum absolute atomic E-state index is 0.241. The van der Waals surface area contributed by atoms with Gasteiger partial charge in [-0.1, -0.05) is 12.6 Å². The van der Waals surface area contributed by atoms with Crippen LogP contribution in [0, 0.1) is 18.8 Å². The average Bonchev–Trinajstić information content (AvgIpc) is 3.38. The Labute approximate surface area is 206 Å². The molecule has 0 radical (unpaired) electrons. The van der Waals surface area contributed by atoms with Gasteiger partial charge < -0.3 is 18.9 Å². The Morgan fingerprint density at radius 3 is 2.26 bits per heavy atom. The van der Waals surface area contributed by atoms with Crippen molar-refractivity contribution < 1.29 is 33.3 Å². The number of aryl methyl sites for hydroxylation is 1. The highest BCUT2D eigenvalue weighted by Gasteiger charge is 2.32. The quantitative estimate of drug-likeness (QED) is 0.187. The summed E-state index contributed by atoms with van der Waals surface area (Å²) in [5, 5.41) is 0. The normalized spacial score (nSPS) is 17.4. The summed E-state index contributed by atoms with van der Waals surface area (Å²) >= 11 is 1.45. The lowest BCUT2D eigenvalue weighted by atomic mass is 9.82. The molecule has 4 rings (SSSR count). The maximum Gasteiger partial charge on any atom is 0.333 e. The lowest BCUT2D eigenvalue weighted by molar-refractivity contribution is -0.145. The molecule has 182 valence electrons. The molecule has 1 aliphatic rings. The molecule has 0 spiro atoms. The Kier molecular flexibility index (Phi) is 7.77. The second-order valence-electron chi connectivity index (χ2n) is 8.20. The second kappa shape index (κ2) is 11.1. The molecule has 0 amide bonds. The van der Waals surface area contributed by atoms with Crippen molar-refractivity contribution in [2.75, 3.05) is 6.79 Å². The number of hydrogen-bond acceptors (Lipinski definition) is 9. The van der Waals surface area contributed by atoms with Crippen molar-refractivity contribution in [2.24, 2.45) is 11.8 Å². The van der Waals surface area contributed by atoms with Crippen molar-refractivity contribution in [3.8, 4) is 17.2 Å². The van der Waals surface area contributed by atoms with E-state index < -0.39 is 5.97 Å². The van der Waals surface area contributed by atoms with Crippen LogP contribution in [0.5, 0.6) is 17.2 Å². The predicted octanol–water partition coefficient (Wildman–Crippen LogP) is 4.99. The van der Waals surface area contributed by atoms with Crippen molar-refractivity contribution in [3.05, 3.63) is 60.1 Å². The molecule has 2 aromatic carbocycles. The summed E-state index contributed by atoms with van der Waals surface area (Å²) in [6, 6.07) is 10.1. The van der Waals surface area contributed by atoms with Gasteiger partial charge in [-0.05, 0) is 68.5 Å². The fourth-order valence-corrected chi connectivity index (χ4v) is 4.73. The van der Waals surface area contributed by atoms with Gasteiger partial charge in [0, 0.05) is 6.08 Å².